The number of halogens is 4. The summed E-state index contributed by atoms with van der Waals surface area (Å²) in [6, 6.07) is 15.6. The van der Waals surface area contributed by atoms with Crippen LogP contribution >= 0.6 is 11.6 Å². The summed E-state index contributed by atoms with van der Waals surface area (Å²) in [5.74, 6) is -2.23. The number of nitrogens with zero attached hydrogens (tertiary/aromatic N) is 1. The van der Waals surface area contributed by atoms with E-state index in [2.05, 4.69) is 9.97 Å². The Morgan fingerprint density at radius 3 is 2.20 bits per heavy atom. The van der Waals surface area contributed by atoms with Gasteiger partial charge in [-0.3, -0.25) is 9.59 Å². The van der Waals surface area contributed by atoms with Crippen molar-refractivity contribution in [1.82, 2.24) is 9.97 Å². The fraction of sp³-hybridized carbons (Fsp3) is 0.118. The van der Waals surface area contributed by atoms with Crippen molar-refractivity contribution < 1.29 is 18.0 Å². The van der Waals surface area contributed by atoms with Crippen LogP contribution in [0.15, 0.2) is 59.4 Å². The minimum atomic E-state index is -4.93. The molecule has 1 aromatic heterocycles. The number of nitrogens with one attached hydrogen (secondary N) is 1. The Morgan fingerprint density at radius 2 is 1.64 bits per heavy atom. The number of para-hydroxylation sites is 1. The Hall–Kier alpha value is -2.67. The van der Waals surface area contributed by atoms with Crippen LogP contribution in [0.2, 0.25) is 5.02 Å². The molecule has 0 saturated heterocycles. The molecule has 130 valence electrons. The first-order valence-electron chi connectivity index (χ1n) is 7.06. The zero-order valence-electron chi connectivity index (χ0n) is 12.7. The van der Waals surface area contributed by atoms with Crippen LogP contribution in [0.5, 0.6) is 0 Å². The van der Waals surface area contributed by atoms with Crippen molar-refractivity contribution in [3.05, 3.63) is 75.8 Å². The number of H-pyrrole nitrogens is 1. The van der Waals surface area contributed by atoms with Crippen LogP contribution in [0.4, 0.5) is 13.2 Å². The highest BCUT2D eigenvalue weighted by molar-refractivity contribution is 6.30. The Labute approximate surface area is 145 Å². The van der Waals surface area contributed by atoms with Gasteiger partial charge in [0.15, 0.2) is 0 Å². The van der Waals surface area contributed by atoms with Crippen LogP contribution < -0.4 is 5.56 Å². The Bertz CT molecular complexity index is 924. The molecule has 3 aromatic rings. The number of rotatable bonds is 2. The van der Waals surface area contributed by atoms with E-state index in [0.717, 1.165) is 5.02 Å². The van der Waals surface area contributed by atoms with E-state index in [1.165, 1.54) is 12.1 Å². The highest BCUT2D eigenvalue weighted by atomic mass is 35.5. The predicted octanol–water partition coefficient (Wildman–Crippen LogP) is 3.94. The summed E-state index contributed by atoms with van der Waals surface area (Å²) in [6.45, 7) is 0. The van der Waals surface area contributed by atoms with Crippen molar-refractivity contribution >= 4 is 28.3 Å². The largest absolute Gasteiger partial charge is 0.450 e. The molecule has 0 aliphatic rings. The molecular weight excluding hydrogens is 357 g/mol. The first kappa shape index (κ1) is 18.7. The molecule has 4 nitrogen and oxygen atoms in total. The van der Waals surface area contributed by atoms with E-state index in [9.17, 15) is 22.8 Å². The second-order valence-corrected chi connectivity index (χ2v) is 5.36. The molecule has 0 saturated carbocycles. The lowest BCUT2D eigenvalue weighted by Gasteiger charge is -2.05. The lowest BCUT2D eigenvalue weighted by molar-refractivity contribution is -0.170. The molecule has 3 rings (SSSR count). The van der Waals surface area contributed by atoms with Crippen LogP contribution in [0.25, 0.3) is 10.9 Å². The molecule has 8 heteroatoms. The first-order chi connectivity index (χ1) is 11.8. The van der Waals surface area contributed by atoms with Crippen molar-refractivity contribution in [3.63, 3.8) is 0 Å². The van der Waals surface area contributed by atoms with Crippen molar-refractivity contribution in [2.24, 2.45) is 0 Å². The monoisotopic (exact) mass is 368 g/mol. The molecule has 0 radical (unpaired) electrons. The third-order valence-electron chi connectivity index (χ3n) is 3.04. The molecule has 0 amide bonds. The smallest absolute Gasteiger partial charge is 0.310 e. The van der Waals surface area contributed by atoms with E-state index in [4.69, 9.17) is 11.6 Å². The van der Waals surface area contributed by atoms with E-state index >= 15 is 0 Å². The summed E-state index contributed by atoms with van der Waals surface area (Å²) >= 11 is 5.54. The lowest BCUT2D eigenvalue weighted by atomic mass is 10.2. The molecule has 0 unspecified atom stereocenters. The van der Waals surface area contributed by atoms with Gasteiger partial charge in [-0.2, -0.15) is 13.2 Å². The number of hydrogen-bond acceptors (Lipinski definition) is 3. The molecule has 25 heavy (non-hydrogen) atoms. The number of carbonyl (C=O) groups is 1. The van der Waals surface area contributed by atoms with Crippen molar-refractivity contribution in [3.8, 4) is 0 Å². The molecule has 0 aliphatic heterocycles. The van der Waals surface area contributed by atoms with Gasteiger partial charge in [0, 0.05) is 5.02 Å². The Morgan fingerprint density at radius 1 is 1.04 bits per heavy atom. The second kappa shape index (κ2) is 7.94. The minimum Gasteiger partial charge on any atom is -0.310 e. The van der Waals surface area contributed by atoms with E-state index in [0.29, 0.717) is 0 Å². The van der Waals surface area contributed by atoms with Gasteiger partial charge in [0.25, 0.3) is 5.56 Å². The number of benzene rings is 2. The summed E-state index contributed by atoms with van der Waals surface area (Å²) in [6.07, 6.45) is -5.90. The number of ketones is 1. The normalized spacial score (nSPS) is 10.9. The van der Waals surface area contributed by atoms with E-state index in [-0.39, 0.29) is 16.7 Å². The standard InChI is InChI=1S/C11H7F3N2O2.C6H5Cl/c12-11(13,14)8(17)5-9-15-7-4-2-1-3-6(7)10(18)16-9;7-6-4-2-1-3-5-6/h1-4H,5H2,(H,15,16,18);1-5H. The number of aromatic nitrogens is 2. The van der Waals surface area contributed by atoms with Crippen LogP contribution in [-0.4, -0.2) is 21.9 Å². The second-order valence-electron chi connectivity index (χ2n) is 4.92. The average Bonchev–Trinajstić information content (AvgIpc) is 2.55. The fourth-order valence-electron chi connectivity index (χ4n) is 1.89. The third-order valence-corrected chi connectivity index (χ3v) is 3.29. The van der Waals surface area contributed by atoms with Gasteiger partial charge in [-0.15, -0.1) is 0 Å². The summed E-state index contributed by atoms with van der Waals surface area (Å²) < 4.78 is 36.2. The van der Waals surface area contributed by atoms with Crippen LogP contribution in [0.3, 0.4) is 0 Å². The van der Waals surface area contributed by atoms with Crippen LogP contribution in [0.1, 0.15) is 5.82 Å². The van der Waals surface area contributed by atoms with Gasteiger partial charge in [-0.25, -0.2) is 4.98 Å². The molecule has 1 heterocycles. The molecular formula is C17H12ClF3N2O2. The van der Waals surface area contributed by atoms with Crippen LogP contribution in [0, 0.1) is 0 Å². The summed E-state index contributed by atoms with van der Waals surface area (Å²) in [5, 5.41) is 1.06. The molecule has 1 N–H and O–H groups in total. The van der Waals surface area contributed by atoms with E-state index in [1.54, 1.807) is 12.1 Å². The van der Waals surface area contributed by atoms with Crippen LogP contribution in [-0.2, 0) is 11.2 Å². The minimum absolute atomic E-state index is 0.256. The molecule has 0 atom stereocenters. The molecule has 0 spiro atoms. The highest BCUT2D eigenvalue weighted by Crippen LogP contribution is 2.18. The molecule has 0 fully saturated rings. The third kappa shape index (κ3) is 5.42. The van der Waals surface area contributed by atoms with E-state index in [1.807, 2.05) is 30.3 Å². The average molecular weight is 369 g/mol. The highest BCUT2D eigenvalue weighted by Gasteiger charge is 2.38. The predicted molar refractivity (Wildman–Crippen MR) is 88.6 cm³/mol. The maximum Gasteiger partial charge on any atom is 0.450 e. The van der Waals surface area contributed by atoms with Gasteiger partial charge in [-0.1, -0.05) is 41.9 Å². The number of Topliss-reactive ketones (excluding diaryl/α,β-unsaturated/α-hetero) is 1. The number of carbonyl (C=O) groups excluding carboxylic acids is 1. The number of fused-ring (bicyclic) bond motifs is 1. The Balaban J connectivity index is 0.000000269. The molecule has 2 aromatic carbocycles. The summed E-state index contributed by atoms with van der Waals surface area (Å²) in [4.78, 5) is 28.3. The summed E-state index contributed by atoms with van der Waals surface area (Å²) in [5.41, 5.74) is -0.309. The van der Waals surface area contributed by atoms with Crippen molar-refractivity contribution in [2.45, 2.75) is 12.6 Å². The molecule has 0 bridgehead atoms. The van der Waals surface area contributed by atoms with Gasteiger partial charge < -0.3 is 4.98 Å². The lowest BCUT2D eigenvalue weighted by Crippen LogP contribution is -2.26. The van der Waals surface area contributed by atoms with Gasteiger partial charge in [0.2, 0.25) is 5.78 Å². The van der Waals surface area contributed by atoms with Gasteiger partial charge in [0.05, 0.1) is 17.3 Å². The zero-order valence-corrected chi connectivity index (χ0v) is 13.4. The first-order valence-corrected chi connectivity index (χ1v) is 7.43. The maximum atomic E-state index is 12.1. The zero-order chi connectivity index (χ0) is 18.4. The van der Waals surface area contributed by atoms with Crippen molar-refractivity contribution in [2.75, 3.05) is 0 Å². The quantitative estimate of drug-likeness (QED) is 0.745. The van der Waals surface area contributed by atoms with Gasteiger partial charge in [0.1, 0.15) is 5.82 Å². The topological polar surface area (TPSA) is 62.8 Å². The number of aromatic amines is 1. The maximum absolute atomic E-state index is 12.1. The van der Waals surface area contributed by atoms with Gasteiger partial charge >= 0.3 is 6.18 Å². The SMILES string of the molecule is Clc1ccccc1.O=C(Cc1nc2ccccc2c(=O)[nH]1)C(F)(F)F. The van der Waals surface area contributed by atoms with E-state index < -0.39 is 23.9 Å². The number of alkyl halides is 3. The van der Waals surface area contributed by atoms with Crippen molar-refractivity contribution in [1.29, 1.82) is 0 Å². The molecule has 0 aliphatic carbocycles. The number of hydrogen-bond donors (Lipinski definition) is 1. The van der Waals surface area contributed by atoms with Gasteiger partial charge in [-0.05, 0) is 24.3 Å². The Kier molecular flexibility index (Phi) is 5.93. The fourth-order valence-corrected chi connectivity index (χ4v) is 2.03. The summed E-state index contributed by atoms with van der Waals surface area (Å²) in [7, 11) is 0.